The molecule has 0 spiro atoms. The van der Waals surface area contributed by atoms with E-state index >= 15 is 0 Å². The van der Waals surface area contributed by atoms with E-state index < -0.39 is 0 Å². The summed E-state index contributed by atoms with van der Waals surface area (Å²) in [5.41, 5.74) is 0. The third-order valence-corrected chi connectivity index (χ3v) is 3.94. The lowest BCUT2D eigenvalue weighted by atomic mass is 10.3. The van der Waals surface area contributed by atoms with Crippen molar-refractivity contribution < 1.29 is 0 Å². The third kappa shape index (κ3) is 3.50. The van der Waals surface area contributed by atoms with Gasteiger partial charge in [-0.25, -0.2) is 0 Å². The van der Waals surface area contributed by atoms with Crippen LogP contribution in [0.25, 0.3) is 0 Å². The van der Waals surface area contributed by atoms with Gasteiger partial charge in [0.1, 0.15) is 0 Å². The van der Waals surface area contributed by atoms with Crippen molar-refractivity contribution in [1.82, 2.24) is 0 Å². The van der Waals surface area contributed by atoms with E-state index in [1.54, 1.807) is 0 Å². The van der Waals surface area contributed by atoms with Gasteiger partial charge in [-0.15, -0.1) is 0 Å². The summed E-state index contributed by atoms with van der Waals surface area (Å²) in [4.78, 5) is 0. The van der Waals surface area contributed by atoms with Crippen LogP contribution in [-0.4, -0.2) is 10.5 Å². The zero-order valence-electron chi connectivity index (χ0n) is 7.97. The summed E-state index contributed by atoms with van der Waals surface area (Å²) in [6.07, 6.45) is 5.72. The summed E-state index contributed by atoms with van der Waals surface area (Å²) < 4.78 is 0. The predicted octanol–water partition coefficient (Wildman–Crippen LogP) is 3.71. The van der Waals surface area contributed by atoms with Crippen LogP contribution in [0.15, 0.2) is 0 Å². The second-order valence-electron chi connectivity index (χ2n) is 3.78. The number of thioether (sulfide) groups is 1. The van der Waals surface area contributed by atoms with E-state index in [0.717, 1.165) is 16.4 Å². The van der Waals surface area contributed by atoms with Crippen molar-refractivity contribution >= 4 is 11.8 Å². The van der Waals surface area contributed by atoms with E-state index in [9.17, 15) is 0 Å². The standard InChI is InChI=1S/C10H20S/c1-4-5-8(2)11-9(3)10-6-7-10/h8-10H,4-7H2,1-3H3. The fraction of sp³-hybridized carbons (Fsp3) is 1.00. The van der Waals surface area contributed by atoms with Gasteiger partial charge >= 0.3 is 0 Å². The van der Waals surface area contributed by atoms with Crippen LogP contribution in [-0.2, 0) is 0 Å². The molecule has 0 aromatic carbocycles. The molecular formula is C10H20S. The molecule has 0 heterocycles. The molecule has 1 heteroatoms. The summed E-state index contributed by atoms with van der Waals surface area (Å²) in [5, 5.41) is 1.81. The summed E-state index contributed by atoms with van der Waals surface area (Å²) in [6, 6.07) is 0. The van der Waals surface area contributed by atoms with E-state index in [0.29, 0.717) is 0 Å². The lowest BCUT2D eigenvalue weighted by Crippen LogP contribution is -2.06. The molecule has 2 unspecified atom stereocenters. The number of hydrogen-bond acceptors (Lipinski definition) is 1. The summed E-state index contributed by atoms with van der Waals surface area (Å²) >= 11 is 2.19. The first-order valence-electron chi connectivity index (χ1n) is 4.89. The van der Waals surface area contributed by atoms with Crippen molar-refractivity contribution in [2.24, 2.45) is 5.92 Å². The fourth-order valence-corrected chi connectivity index (χ4v) is 3.12. The molecule has 1 saturated carbocycles. The Morgan fingerprint density at radius 2 is 2.00 bits per heavy atom. The minimum absolute atomic E-state index is 0.885. The van der Waals surface area contributed by atoms with E-state index in [1.165, 1.54) is 25.7 Å². The van der Waals surface area contributed by atoms with Gasteiger partial charge in [0.2, 0.25) is 0 Å². The zero-order chi connectivity index (χ0) is 8.27. The molecule has 1 aliphatic rings. The fourth-order valence-electron chi connectivity index (χ4n) is 1.52. The lowest BCUT2D eigenvalue weighted by molar-refractivity contribution is 0.763. The Morgan fingerprint density at radius 3 is 2.45 bits per heavy atom. The van der Waals surface area contributed by atoms with Gasteiger partial charge in [-0.1, -0.05) is 27.2 Å². The van der Waals surface area contributed by atoms with Gasteiger partial charge < -0.3 is 0 Å². The Labute approximate surface area is 75.1 Å². The maximum atomic E-state index is 2.40. The van der Waals surface area contributed by atoms with Crippen molar-refractivity contribution in [3.63, 3.8) is 0 Å². The van der Waals surface area contributed by atoms with Crippen LogP contribution in [0.3, 0.4) is 0 Å². The van der Waals surface area contributed by atoms with Gasteiger partial charge in [0.05, 0.1) is 0 Å². The molecule has 0 N–H and O–H groups in total. The molecule has 0 nitrogen and oxygen atoms in total. The van der Waals surface area contributed by atoms with Gasteiger partial charge in [0.25, 0.3) is 0 Å². The van der Waals surface area contributed by atoms with Crippen LogP contribution in [0.1, 0.15) is 46.5 Å². The van der Waals surface area contributed by atoms with Crippen LogP contribution in [0, 0.1) is 5.92 Å². The Kier molecular flexibility index (Phi) is 3.77. The molecule has 1 fully saturated rings. The van der Waals surface area contributed by atoms with Crippen LogP contribution in [0.4, 0.5) is 0 Å². The molecule has 0 saturated heterocycles. The Hall–Kier alpha value is 0.350. The molecule has 11 heavy (non-hydrogen) atoms. The molecule has 2 atom stereocenters. The van der Waals surface area contributed by atoms with Crippen LogP contribution in [0.5, 0.6) is 0 Å². The molecule has 0 amide bonds. The maximum absolute atomic E-state index is 2.40. The largest absolute Gasteiger partial charge is 0.155 e. The van der Waals surface area contributed by atoms with E-state index in [-0.39, 0.29) is 0 Å². The highest BCUT2D eigenvalue weighted by atomic mass is 32.2. The van der Waals surface area contributed by atoms with E-state index in [2.05, 4.69) is 32.5 Å². The molecule has 1 rings (SSSR count). The van der Waals surface area contributed by atoms with Crippen LogP contribution in [0.2, 0.25) is 0 Å². The predicted molar refractivity (Wildman–Crippen MR) is 54.1 cm³/mol. The number of hydrogen-bond donors (Lipinski definition) is 0. The molecule has 1 aliphatic carbocycles. The molecule has 0 aliphatic heterocycles. The molecule has 0 radical (unpaired) electrons. The van der Waals surface area contributed by atoms with E-state index in [4.69, 9.17) is 0 Å². The van der Waals surface area contributed by atoms with Crippen molar-refractivity contribution in [1.29, 1.82) is 0 Å². The molecule has 0 aromatic heterocycles. The highest BCUT2D eigenvalue weighted by Crippen LogP contribution is 2.40. The first-order chi connectivity index (χ1) is 5.24. The van der Waals surface area contributed by atoms with Gasteiger partial charge in [-0.3, -0.25) is 0 Å². The average Bonchev–Trinajstić information content (AvgIpc) is 2.67. The topological polar surface area (TPSA) is 0 Å². The van der Waals surface area contributed by atoms with Crippen molar-refractivity contribution in [2.75, 3.05) is 0 Å². The Balaban J connectivity index is 2.07. The molecule has 66 valence electrons. The highest BCUT2D eigenvalue weighted by molar-refractivity contribution is 8.00. The van der Waals surface area contributed by atoms with Crippen molar-refractivity contribution in [3.05, 3.63) is 0 Å². The summed E-state index contributed by atoms with van der Waals surface area (Å²) in [7, 11) is 0. The van der Waals surface area contributed by atoms with Gasteiger partial charge in [0, 0.05) is 10.5 Å². The normalized spacial score (nSPS) is 23.2. The highest BCUT2D eigenvalue weighted by Gasteiger charge is 2.28. The minimum atomic E-state index is 0.885. The average molecular weight is 172 g/mol. The SMILES string of the molecule is CCCC(C)SC(C)C1CC1. The van der Waals surface area contributed by atoms with Gasteiger partial charge in [0.15, 0.2) is 0 Å². The Morgan fingerprint density at radius 1 is 1.36 bits per heavy atom. The van der Waals surface area contributed by atoms with Crippen LogP contribution >= 0.6 is 11.8 Å². The summed E-state index contributed by atoms with van der Waals surface area (Å²) in [5.74, 6) is 1.07. The zero-order valence-corrected chi connectivity index (χ0v) is 8.79. The molecule has 0 bridgehead atoms. The second kappa shape index (κ2) is 4.39. The second-order valence-corrected chi connectivity index (χ2v) is 5.60. The lowest BCUT2D eigenvalue weighted by Gasteiger charge is -2.15. The Bertz CT molecular complexity index is 107. The molecule has 0 aromatic rings. The first-order valence-corrected chi connectivity index (χ1v) is 5.83. The number of rotatable bonds is 5. The smallest absolute Gasteiger partial charge is 0.00496 e. The summed E-state index contributed by atoms with van der Waals surface area (Å²) in [6.45, 7) is 7.04. The third-order valence-electron chi connectivity index (χ3n) is 2.43. The van der Waals surface area contributed by atoms with Crippen molar-refractivity contribution in [2.45, 2.75) is 57.0 Å². The minimum Gasteiger partial charge on any atom is -0.155 e. The maximum Gasteiger partial charge on any atom is 0.00496 e. The monoisotopic (exact) mass is 172 g/mol. The molecular weight excluding hydrogens is 152 g/mol. The first kappa shape index (κ1) is 9.44. The van der Waals surface area contributed by atoms with Crippen LogP contribution < -0.4 is 0 Å². The van der Waals surface area contributed by atoms with Gasteiger partial charge in [-0.2, -0.15) is 11.8 Å². The van der Waals surface area contributed by atoms with Crippen molar-refractivity contribution in [3.8, 4) is 0 Å². The van der Waals surface area contributed by atoms with E-state index in [1.807, 2.05) is 0 Å². The quantitative estimate of drug-likeness (QED) is 0.609. The van der Waals surface area contributed by atoms with Gasteiger partial charge in [-0.05, 0) is 25.2 Å².